The minimum Gasteiger partial charge on any atom is -0.308 e. The molecule has 1 unspecified atom stereocenters. The number of halogens is 1. The van der Waals surface area contributed by atoms with Crippen LogP contribution in [0.15, 0.2) is 23.2 Å². The van der Waals surface area contributed by atoms with Crippen LogP contribution >= 0.6 is 15.9 Å². The first kappa shape index (κ1) is 15.4. The van der Waals surface area contributed by atoms with E-state index in [1.807, 2.05) is 12.4 Å². The highest BCUT2D eigenvalue weighted by Crippen LogP contribution is 2.11. The number of hydrogen-bond acceptors (Lipinski definition) is 4. The molecule has 2 heterocycles. The normalized spacial score (nSPS) is 13.6. The van der Waals surface area contributed by atoms with Gasteiger partial charge in [-0.3, -0.25) is 4.40 Å². The van der Waals surface area contributed by atoms with Crippen LogP contribution in [0, 0.1) is 5.92 Å². The lowest BCUT2D eigenvalue weighted by Gasteiger charge is -2.25. The van der Waals surface area contributed by atoms with Gasteiger partial charge in [-0.1, -0.05) is 13.8 Å². The topological polar surface area (TPSA) is 45.5 Å². The highest BCUT2D eigenvalue weighted by molar-refractivity contribution is 9.10. The monoisotopic (exact) mass is 339 g/mol. The lowest BCUT2D eigenvalue weighted by Crippen LogP contribution is -2.41. The molecule has 0 radical (unpaired) electrons. The van der Waals surface area contributed by atoms with Crippen molar-refractivity contribution in [1.29, 1.82) is 0 Å². The van der Waals surface area contributed by atoms with Crippen molar-refractivity contribution in [1.82, 2.24) is 24.6 Å². The van der Waals surface area contributed by atoms with Gasteiger partial charge >= 0.3 is 0 Å². The highest BCUT2D eigenvalue weighted by Gasteiger charge is 2.14. The fraction of sp³-hybridized carbons (Fsp3) is 0.571. The van der Waals surface area contributed by atoms with E-state index in [0.29, 0.717) is 12.0 Å². The zero-order valence-corrected chi connectivity index (χ0v) is 14.1. The Balaban J connectivity index is 2.09. The van der Waals surface area contributed by atoms with Gasteiger partial charge in [0.2, 0.25) is 0 Å². The van der Waals surface area contributed by atoms with Crippen LogP contribution in [0.3, 0.4) is 0 Å². The number of rotatable bonds is 6. The molecule has 0 fully saturated rings. The number of fused-ring (bicyclic) bond motifs is 1. The molecule has 0 aliphatic carbocycles. The molecule has 0 aliphatic rings. The molecule has 0 amide bonds. The van der Waals surface area contributed by atoms with Gasteiger partial charge in [-0.25, -0.2) is 9.97 Å². The van der Waals surface area contributed by atoms with E-state index in [-0.39, 0.29) is 0 Å². The van der Waals surface area contributed by atoms with Gasteiger partial charge in [0.25, 0.3) is 0 Å². The number of aromatic nitrogens is 3. The van der Waals surface area contributed by atoms with E-state index in [9.17, 15) is 0 Å². The van der Waals surface area contributed by atoms with Gasteiger partial charge in [-0.05, 0) is 35.9 Å². The second-order valence-electron chi connectivity index (χ2n) is 5.68. The summed E-state index contributed by atoms with van der Waals surface area (Å²) in [5.74, 6) is 0.588. The summed E-state index contributed by atoms with van der Waals surface area (Å²) in [6.07, 6.45) is 5.63. The molecular formula is C14H22BrN5. The molecule has 1 N–H and O–H groups in total. The standard InChI is InChI=1S/C14H22BrN5/c1-10(2)12(8-19(3)4)16-5-11-6-18-14-7-17-13(15)9-20(11)14/h6-7,9-10,12,16H,5,8H2,1-4H3. The van der Waals surface area contributed by atoms with Gasteiger partial charge < -0.3 is 10.2 Å². The van der Waals surface area contributed by atoms with Crippen LogP contribution in [0.25, 0.3) is 5.65 Å². The Labute approximate surface area is 128 Å². The van der Waals surface area contributed by atoms with E-state index in [0.717, 1.165) is 29.0 Å². The Hall–Kier alpha value is -0.980. The Bertz CT molecular complexity index is 564. The molecule has 6 heteroatoms. The van der Waals surface area contributed by atoms with Crippen molar-refractivity contribution in [3.63, 3.8) is 0 Å². The van der Waals surface area contributed by atoms with Gasteiger partial charge in [0, 0.05) is 25.3 Å². The summed E-state index contributed by atoms with van der Waals surface area (Å²) in [6, 6.07) is 0.459. The molecule has 20 heavy (non-hydrogen) atoms. The lowest BCUT2D eigenvalue weighted by atomic mass is 10.0. The Morgan fingerprint density at radius 1 is 1.30 bits per heavy atom. The van der Waals surface area contributed by atoms with E-state index >= 15 is 0 Å². The van der Waals surface area contributed by atoms with Crippen molar-refractivity contribution in [2.24, 2.45) is 5.92 Å². The Morgan fingerprint density at radius 3 is 2.70 bits per heavy atom. The maximum absolute atomic E-state index is 4.37. The van der Waals surface area contributed by atoms with E-state index in [4.69, 9.17) is 0 Å². The first-order chi connectivity index (χ1) is 9.47. The number of hydrogen-bond donors (Lipinski definition) is 1. The fourth-order valence-electron chi connectivity index (χ4n) is 2.19. The second kappa shape index (κ2) is 6.65. The third-order valence-electron chi connectivity index (χ3n) is 3.35. The summed E-state index contributed by atoms with van der Waals surface area (Å²) < 4.78 is 2.88. The molecular weight excluding hydrogens is 318 g/mol. The highest BCUT2D eigenvalue weighted by atomic mass is 79.9. The predicted molar refractivity (Wildman–Crippen MR) is 84.7 cm³/mol. The average Bonchev–Trinajstić information content (AvgIpc) is 2.76. The summed E-state index contributed by atoms with van der Waals surface area (Å²) >= 11 is 3.40. The van der Waals surface area contributed by atoms with Crippen LogP contribution < -0.4 is 5.32 Å². The third-order valence-corrected chi connectivity index (χ3v) is 3.76. The van der Waals surface area contributed by atoms with Crippen molar-refractivity contribution >= 4 is 21.6 Å². The zero-order valence-electron chi connectivity index (χ0n) is 12.5. The molecule has 110 valence electrons. The van der Waals surface area contributed by atoms with E-state index < -0.39 is 0 Å². The molecule has 2 aromatic heterocycles. The summed E-state index contributed by atoms with van der Waals surface area (Å²) in [5.41, 5.74) is 2.02. The van der Waals surface area contributed by atoms with E-state index in [1.165, 1.54) is 0 Å². The van der Waals surface area contributed by atoms with Crippen molar-refractivity contribution in [3.8, 4) is 0 Å². The molecule has 5 nitrogen and oxygen atoms in total. The minimum absolute atomic E-state index is 0.459. The van der Waals surface area contributed by atoms with Crippen LogP contribution in [-0.4, -0.2) is 46.0 Å². The van der Waals surface area contributed by atoms with E-state index in [2.05, 4.69) is 68.5 Å². The zero-order chi connectivity index (χ0) is 14.7. The second-order valence-corrected chi connectivity index (χ2v) is 6.49. The quantitative estimate of drug-likeness (QED) is 0.875. The van der Waals surface area contributed by atoms with Crippen LogP contribution in [0.5, 0.6) is 0 Å². The first-order valence-corrected chi connectivity index (χ1v) is 7.62. The minimum atomic E-state index is 0.459. The molecule has 2 rings (SSSR count). The SMILES string of the molecule is CC(C)C(CN(C)C)NCc1cnc2cnc(Br)cn12. The third kappa shape index (κ3) is 3.77. The summed E-state index contributed by atoms with van der Waals surface area (Å²) in [6.45, 7) is 6.32. The number of imidazole rings is 1. The summed E-state index contributed by atoms with van der Waals surface area (Å²) in [7, 11) is 4.21. The van der Waals surface area contributed by atoms with Crippen LogP contribution in [0.4, 0.5) is 0 Å². The molecule has 0 aliphatic heterocycles. The maximum atomic E-state index is 4.37. The number of nitrogens with one attached hydrogen (secondary N) is 1. The van der Waals surface area contributed by atoms with Gasteiger partial charge in [-0.2, -0.15) is 0 Å². The van der Waals surface area contributed by atoms with Gasteiger partial charge in [-0.15, -0.1) is 0 Å². The fourth-order valence-corrected chi connectivity index (χ4v) is 2.49. The largest absolute Gasteiger partial charge is 0.308 e. The van der Waals surface area contributed by atoms with Crippen molar-refractivity contribution in [2.45, 2.75) is 26.4 Å². The summed E-state index contributed by atoms with van der Waals surface area (Å²) in [4.78, 5) is 10.8. The molecule has 0 spiro atoms. The molecule has 0 saturated heterocycles. The van der Waals surface area contributed by atoms with Crippen LogP contribution in [0.1, 0.15) is 19.5 Å². The first-order valence-electron chi connectivity index (χ1n) is 6.83. The smallest absolute Gasteiger partial charge is 0.155 e. The molecule has 0 bridgehead atoms. The molecule has 2 aromatic rings. The van der Waals surface area contributed by atoms with Crippen molar-refractivity contribution in [2.75, 3.05) is 20.6 Å². The summed E-state index contributed by atoms with van der Waals surface area (Å²) in [5, 5.41) is 3.63. The van der Waals surface area contributed by atoms with Crippen LogP contribution in [-0.2, 0) is 6.54 Å². The van der Waals surface area contributed by atoms with Crippen molar-refractivity contribution < 1.29 is 0 Å². The average molecular weight is 340 g/mol. The predicted octanol–water partition coefficient (Wildman–Crippen LogP) is 2.17. The van der Waals surface area contributed by atoms with E-state index in [1.54, 1.807) is 6.20 Å². The number of likely N-dealkylation sites (N-methyl/N-ethyl adjacent to an activating group) is 1. The van der Waals surface area contributed by atoms with Gasteiger partial charge in [0.1, 0.15) is 4.60 Å². The molecule has 1 atom stereocenters. The van der Waals surface area contributed by atoms with Gasteiger partial charge in [0.15, 0.2) is 5.65 Å². The Kier molecular flexibility index (Phi) is 5.12. The maximum Gasteiger partial charge on any atom is 0.155 e. The van der Waals surface area contributed by atoms with Gasteiger partial charge in [0.05, 0.1) is 18.1 Å². The molecule has 0 aromatic carbocycles. The lowest BCUT2D eigenvalue weighted by molar-refractivity contribution is 0.287. The van der Waals surface area contributed by atoms with Crippen LogP contribution in [0.2, 0.25) is 0 Å². The Morgan fingerprint density at radius 2 is 2.05 bits per heavy atom. The number of nitrogens with zero attached hydrogens (tertiary/aromatic N) is 4. The van der Waals surface area contributed by atoms with Crippen molar-refractivity contribution in [3.05, 3.63) is 28.9 Å². The molecule has 0 saturated carbocycles.